The zero-order valence-electron chi connectivity index (χ0n) is 10.7. The molecule has 0 amide bonds. The third-order valence-corrected chi connectivity index (χ3v) is 4.10. The lowest BCUT2D eigenvalue weighted by atomic mass is 10.0. The molecular weight excluding hydrogens is 218 g/mol. The van der Waals surface area contributed by atoms with Gasteiger partial charge in [-0.15, -0.1) is 0 Å². The van der Waals surface area contributed by atoms with E-state index >= 15 is 0 Å². The summed E-state index contributed by atoms with van der Waals surface area (Å²) in [5, 5.41) is 9.74. The Hall–Kier alpha value is -0.870. The Balaban J connectivity index is 2.02. The number of allylic oxidation sites excluding steroid dienone is 1. The van der Waals surface area contributed by atoms with Gasteiger partial charge in [-0.25, -0.2) is 4.79 Å². The molecule has 2 aliphatic heterocycles. The van der Waals surface area contributed by atoms with Gasteiger partial charge in [-0.2, -0.15) is 0 Å². The summed E-state index contributed by atoms with van der Waals surface area (Å²) >= 11 is 0. The van der Waals surface area contributed by atoms with Gasteiger partial charge in [-0.05, 0) is 33.7 Å². The summed E-state index contributed by atoms with van der Waals surface area (Å²) in [4.78, 5) is 14.0. The molecule has 2 aliphatic rings. The van der Waals surface area contributed by atoms with Crippen LogP contribution in [0.15, 0.2) is 11.6 Å². The summed E-state index contributed by atoms with van der Waals surface area (Å²) in [7, 11) is 2.05. The number of esters is 1. The number of aliphatic hydroxyl groups is 1. The Labute approximate surface area is 102 Å². The molecular formula is C13H21NO3. The summed E-state index contributed by atoms with van der Waals surface area (Å²) in [6, 6.07) is 0.532. The van der Waals surface area contributed by atoms with Crippen LogP contribution in [0.1, 0.15) is 33.1 Å². The molecule has 4 heteroatoms. The minimum absolute atomic E-state index is 0.0652. The molecule has 17 heavy (non-hydrogen) atoms. The van der Waals surface area contributed by atoms with E-state index in [0.717, 1.165) is 12.8 Å². The Morgan fingerprint density at radius 2 is 2.12 bits per heavy atom. The van der Waals surface area contributed by atoms with Crippen molar-refractivity contribution in [3.63, 3.8) is 0 Å². The van der Waals surface area contributed by atoms with Crippen LogP contribution in [0.2, 0.25) is 0 Å². The van der Waals surface area contributed by atoms with E-state index in [1.807, 2.05) is 6.92 Å². The first-order valence-corrected chi connectivity index (χ1v) is 6.26. The Bertz CT molecular complexity index is 340. The van der Waals surface area contributed by atoms with Crippen LogP contribution in [0.5, 0.6) is 0 Å². The first kappa shape index (κ1) is 12.6. The minimum atomic E-state index is -0.243. The number of likely N-dealkylation sites (N-methyl/N-ethyl adjacent to an activating group) is 1. The van der Waals surface area contributed by atoms with Crippen molar-refractivity contribution in [2.75, 3.05) is 7.05 Å². The first-order chi connectivity index (χ1) is 8.02. The van der Waals surface area contributed by atoms with Crippen molar-refractivity contribution in [2.45, 2.75) is 57.4 Å². The van der Waals surface area contributed by atoms with Gasteiger partial charge in [0.1, 0.15) is 6.10 Å². The predicted molar refractivity (Wildman–Crippen MR) is 64.5 cm³/mol. The molecule has 0 radical (unpaired) electrons. The SMILES string of the molecule is C/C=C(\C)C(=O)OC1C[C@@H]2CC(O)C[C@H]1N2C. The standard InChI is InChI=1S/C13H21NO3/c1-4-8(2)13(16)17-12-6-9-5-10(15)7-11(12)14(9)3/h4,9-12,15H,5-7H2,1-3H3/b8-4+/t9-,10?,11+,12?/m0/s1. The van der Waals surface area contributed by atoms with Crippen molar-refractivity contribution in [1.82, 2.24) is 4.90 Å². The average Bonchev–Trinajstić information content (AvgIpc) is 2.49. The summed E-state index contributed by atoms with van der Waals surface area (Å²) in [6.45, 7) is 3.60. The monoisotopic (exact) mass is 239 g/mol. The fourth-order valence-electron chi connectivity index (χ4n) is 2.87. The van der Waals surface area contributed by atoms with Crippen LogP contribution < -0.4 is 0 Å². The zero-order chi connectivity index (χ0) is 12.6. The van der Waals surface area contributed by atoms with E-state index < -0.39 is 0 Å². The second kappa shape index (κ2) is 4.78. The summed E-state index contributed by atoms with van der Waals surface area (Å²) in [6.07, 6.45) is 3.81. The van der Waals surface area contributed by atoms with Gasteiger partial charge in [0.25, 0.3) is 0 Å². The summed E-state index contributed by atoms with van der Waals surface area (Å²) in [5.74, 6) is -0.229. The number of ether oxygens (including phenoxy) is 1. The molecule has 4 atom stereocenters. The smallest absolute Gasteiger partial charge is 0.333 e. The lowest BCUT2D eigenvalue weighted by Crippen LogP contribution is -2.44. The molecule has 2 rings (SSSR count). The van der Waals surface area contributed by atoms with Crippen LogP contribution in [0, 0.1) is 0 Å². The number of hydrogen-bond donors (Lipinski definition) is 1. The fraction of sp³-hybridized carbons (Fsp3) is 0.769. The van der Waals surface area contributed by atoms with E-state index in [1.54, 1.807) is 13.0 Å². The summed E-state index contributed by atoms with van der Waals surface area (Å²) < 4.78 is 5.54. The normalized spacial score (nSPS) is 38.2. The quantitative estimate of drug-likeness (QED) is 0.579. The third kappa shape index (κ3) is 2.38. The van der Waals surface area contributed by atoms with Crippen molar-refractivity contribution in [3.05, 3.63) is 11.6 Å². The van der Waals surface area contributed by atoms with E-state index in [4.69, 9.17) is 4.74 Å². The highest BCUT2D eigenvalue weighted by molar-refractivity contribution is 5.87. The first-order valence-electron chi connectivity index (χ1n) is 6.26. The molecule has 4 nitrogen and oxygen atoms in total. The molecule has 0 spiro atoms. The number of rotatable bonds is 2. The van der Waals surface area contributed by atoms with Crippen LogP contribution in [0.3, 0.4) is 0 Å². The number of carbonyl (C=O) groups excluding carboxylic acids is 1. The maximum Gasteiger partial charge on any atom is 0.333 e. The molecule has 0 aromatic rings. The second-order valence-corrected chi connectivity index (χ2v) is 5.16. The van der Waals surface area contributed by atoms with Gasteiger partial charge in [0, 0.05) is 24.1 Å². The van der Waals surface area contributed by atoms with Crippen LogP contribution in [-0.2, 0) is 9.53 Å². The fourth-order valence-corrected chi connectivity index (χ4v) is 2.87. The Morgan fingerprint density at radius 1 is 1.41 bits per heavy atom. The molecule has 96 valence electrons. The van der Waals surface area contributed by atoms with Crippen molar-refractivity contribution in [2.24, 2.45) is 0 Å². The summed E-state index contributed by atoms with van der Waals surface area (Å²) in [5.41, 5.74) is 0.648. The maximum atomic E-state index is 11.7. The topological polar surface area (TPSA) is 49.8 Å². The molecule has 2 unspecified atom stereocenters. The highest BCUT2D eigenvalue weighted by Crippen LogP contribution is 2.36. The van der Waals surface area contributed by atoms with E-state index in [-0.39, 0.29) is 24.2 Å². The largest absolute Gasteiger partial charge is 0.457 e. The number of hydrogen-bond acceptors (Lipinski definition) is 4. The van der Waals surface area contributed by atoms with Crippen LogP contribution >= 0.6 is 0 Å². The molecule has 0 aromatic heterocycles. The molecule has 2 saturated heterocycles. The van der Waals surface area contributed by atoms with Crippen LogP contribution in [-0.4, -0.2) is 47.3 Å². The van der Waals surface area contributed by atoms with E-state index in [0.29, 0.717) is 18.0 Å². The van der Waals surface area contributed by atoms with Crippen LogP contribution in [0.4, 0.5) is 0 Å². The lowest BCUT2D eigenvalue weighted by molar-refractivity contribution is -0.145. The van der Waals surface area contributed by atoms with Gasteiger partial charge in [-0.1, -0.05) is 6.08 Å². The number of nitrogens with zero attached hydrogens (tertiary/aromatic N) is 1. The highest BCUT2D eigenvalue weighted by Gasteiger charge is 2.46. The molecule has 1 N–H and O–H groups in total. The number of carbonyl (C=O) groups is 1. The van der Waals surface area contributed by atoms with Gasteiger partial charge in [-0.3, -0.25) is 4.90 Å². The van der Waals surface area contributed by atoms with Gasteiger partial charge in [0.05, 0.1) is 6.10 Å². The minimum Gasteiger partial charge on any atom is -0.457 e. The van der Waals surface area contributed by atoms with Crippen molar-refractivity contribution in [3.8, 4) is 0 Å². The Morgan fingerprint density at radius 3 is 2.76 bits per heavy atom. The third-order valence-electron chi connectivity index (χ3n) is 4.10. The molecule has 0 aliphatic carbocycles. The average molecular weight is 239 g/mol. The van der Waals surface area contributed by atoms with Crippen molar-refractivity contribution in [1.29, 1.82) is 0 Å². The second-order valence-electron chi connectivity index (χ2n) is 5.16. The van der Waals surface area contributed by atoms with E-state index in [9.17, 15) is 9.90 Å². The number of piperidine rings is 1. The van der Waals surface area contributed by atoms with Crippen molar-refractivity contribution < 1.29 is 14.6 Å². The maximum absolute atomic E-state index is 11.7. The van der Waals surface area contributed by atoms with Gasteiger partial charge >= 0.3 is 5.97 Å². The number of fused-ring (bicyclic) bond motifs is 2. The molecule has 0 aromatic carbocycles. The van der Waals surface area contributed by atoms with E-state index in [1.165, 1.54) is 0 Å². The lowest BCUT2D eigenvalue weighted by Gasteiger charge is -2.34. The van der Waals surface area contributed by atoms with E-state index in [2.05, 4.69) is 11.9 Å². The van der Waals surface area contributed by atoms with Gasteiger partial charge in [0.15, 0.2) is 0 Å². The molecule has 2 fully saturated rings. The van der Waals surface area contributed by atoms with Gasteiger partial charge < -0.3 is 9.84 Å². The molecule has 2 bridgehead atoms. The highest BCUT2D eigenvalue weighted by atomic mass is 16.5. The number of aliphatic hydroxyl groups excluding tert-OH is 1. The molecule has 2 heterocycles. The zero-order valence-corrected chi connectivity index (χ0v) is 10.7. The predicted octanol–water partition coefficient (Wildman–Crippen LogP) is 1.09. The van der Waals surface area contributed by atoms with Crippen molar-refractivity contribution >= 4 is 5.97 Å². The van der Waals surface area contributed by atoms with Gasteiger partial charge in [0.2, 0.25) is 0 Å². The molecule has 0 saturated carbocycles. The van der Waals surface area contributed by atoms with Crippen LogP contribution in [0.25, 0.3) is 0 Å². The Kier molecular flexibility index (Phi) is 3.54.